The van der Waals surface area contributed by atoms with E-state index in [1.54, 1.807) is 25.4 Å². The van der Waals surface area contributed by atoms with Gasteiger partial charge in [0.2, 0.25) is 0 Å². The fraction of sp³-hybridized carbons (Fsp3) is 0.154. The van der Waals surface area contributed by atoms with Crippen LogP contribution in [0.3, 0.4) is 0 Å². The molecule has 4 nitrogen and oxygen atoms in total. The number of carbonyl (C=O) groups excluding carboxylic acids is 1. The van der Waals surface area contributed by atoms with Crippen molar-refractivity contribution in [3.63, 3.8) is 0 Å². The van der Waals surface area contributed by atoms with Crippen LogP contribution in [0, 0.1) is 6.92 Å². The Morgan fingerprint density at radius 2 is 2.11 bits per heavy atom. The maximum atomic E-state index is 11.5. The number of nitrogens with two attached hydrogens (primary N) is 1. The van der Waals surface area contributed by atoms with Crippen molar-refractivity contribution in [1.29, 1.82) is 0 Å². The molecule has 1 aromatic heterocycles. The van der Waals surface area contributed by atoms with Gasteiger partial charge in [-0.2, -0.15) is 0 Å². The molecule has 5 heteroatoms. The molecular formula is C13H14N2O2S. The van der Waals surface area contributed by atoms with Crippen molar-refractivity contribution >= 4 is 23.4 Å². The number of nitrogens with one attached hydrogen (secondary N) is 1. The van der Waals surface area contributed by atoms with Crippen LogP contribution in [0.1, 0.15) is 16.1 Å². The van der Waals surface area contributed by atoms with Crippen LogP contribution in [0.25, 0.3) is 0 Å². The van der Waals surface area contributed by atoms with Crippen LogP contribution in [0.5, 0.6) is 0 Å². The molecule has 0 bridgehead atoms. The first-order valence-corrected chi connectivity index (χ1v) is 6.27. The molecule has 0 fully saturated rings. The second kappa shape index (κ2) is 5.18. The van der Waals surface area contributed by atoms with Crippen LogP contribution in [0.2, 0.25) is 0 Å². The molecule has 1 heterocycles. The molecule has 3 N–H and O–H groups in total. The van der Waals surface area contributed by atoms with Gasteiger partial charge in [0, 0.05) is 23.2 Å². The van der Waals surface area contributed by atoms with Crippen molar-refractivity contribution in [2.45, 2.75) is 16.7 Å². The van der Waals surface area contributed by atoms with Gasteiger partial charge in [0.05, 0.1) is 11.2 Å². The minimum atomic E-state index is -0.141. The van der Waals surface area contributed by atoms with Gasteiger partial charge in [-0.15, -0.1) is 0 Å². The van der Waals surface area contributed by atoms with Crippen LogP contribution in [-0.2, 0) is 0 Å². The Kier molecular flexibility index (Phi) is 3.62. The second-order valence-corrected chi connectivity index (χ2v) is 4.86. The van der Waals surface area contributed by atoms with Crippen molar-refractivity contribution in [2.75, 3.05) is 12.8 Å². The molecule has 2 rings (SSSR count). The first kappa shape index (κ1) is 12.6. The molecule has 18 heavy (non-hydrogen) atoms. The topological polar surface area (TPSA) is 68.3 Å². The Labute approximate surface area is 110 Å². The quantitative estimate of drug-likeness (QED) is 0.834. The van der Waals surface area contributed by atoms with E-state index in [2.05, 4.69) is 5.32 Å². The maximum absolute atomic E-state index is 11.5. The Morgan fingerprint density at radius 3 is 2.67 bits per heavy atom. The number of furan rings is 1. The summed E-state index contributed by atoms with van der Waals surface area (Å²) in [6.07, 6.45) is 1.65. The fourth-order valence-corrected chi connectivity index (χ4v) is 2.39. The standard InChI is InChI=1S/C13H14N2O2S/c1-8-11(5-6-17-8)18-12-4-3-9(7-10(12)14)13(16)15-2/h3-7H,14H2,1-2H3,(H,15,16). The molecule has 0 saturated heterocycles. The van der Waals surface area contributed by atoms with E-state index in [0.29, 0.717) is 11.3 Å². The van der Waals surface area contributed by atoms with E-state index in [1.807, 2.05) is 19.1 Å². The molecule has 0 spiro atoms. The number of nitrogen functional groups attached to an aromatic ring is 1. The molecule has 94 valence electrons. The van der Waals surface area contributed by atoms with E-state index < -0.39 is 0 Å². The lowest BCUT2D eigenvalue weighted by atomic mass is 10.2. The number of aryl methyl sites for hydroxylation is 1. The van der Waals surface area contributed by atoms with Crippen LogP contribution >= 0.6 is 11.8 Å². The van der Waals surface area contributed by atoms with Crippen molar-refractivity contribution in [3.8, 4) is 0 Å². The van der Waals surface area contributed by atoms with Crippen LogP contribution < -0.4 is 11.1 Å². The highest BCUT2D eigenvalue weighted by Crippen LogP contribution is 2.34. The van der Waals surface area contributed by atoms with Crippen molar-refractivity contribution in [1.82, 2.24) is 5.32 Å². The highest BCUT2D eigenvalue weighted by atomic mass is 32.2. The summed E-state index contributed by atoms with van der Waals surface area (Å²) < 4.78 is 5.23. The zero-order chi connectivity index (χ0) is 13.1. The number of amides is 1. The Balaban J connectivity index is 2.25. The number of anilines is 1. The van der Waals surface area contributed by atoms with E-state index >= 15 is 0 Å². The summed E-state index contributed by atoms with van der Waals surface area (Å²) in [7, 11) is 1.59. The molecule has 0 atom stereocenters. The summed E-state index contributed by atoms with van der Waals surface area (Å²) in [5, 5.41) is 2.57. The predicted octanol–water partition coefficient (Wildman–Crippen LogP) is 2.68. The lowest BCUT2D eigenvalue weighted by Gasteiger charge is -2.06. The van der Waals surface area contributed by atoms with Gasteiger partial charge in [0.1, 0.15) is 5.76 Å². The molecule has 2 aromatic rings. The van der Waals surface area contributed by atoms with E-state index in [0.717, 1.165) is 15.6 Å². The molecule has 0 aliphatic heterocycles. The zero-order valence-corrected chi connectivity index (χ0v) is 11.0. The summed E-state index contributed by atoms with van der Waals surface area (Å²) in [5.74, 6) is 0.715. The number of rotatable bonds is 3. The minimum absolute atomic E-state index is 0.141. The highest BCUT2D eigenvalue weighted by molar-refractivity contribution is 7.99. The van der Waals surface area contributed by atoms with Gasteiger partial charge in [-0.25, -0.2) is 0 Å². The number of hydrogen-bond acceptors (Lipinski definition) is 4. The van der Waals surface area contributed by atoms with E-state index in [1.165, 1.54) is 11.8 Å². The normalized spacial score (nSPS) is 10.3. The van der Waals surface area contributed by atoms with Crippen molar-refractivity contribution < 1.29 is 9.21 Å². The van der Waals surface area contributed by atoms with Gasteiger partial charge in [-0.05, 0) is 31.2 Å². The third-order valence-electron chi connectivity index (χ3n) is 2.53. The number of benzene rings is 1. The Morgan fingerprint density at radius 1 is 1.33 bits per heavy atom. The third kappa shape index (κ3) is 2.51. The molecule has 0 radical (unpaired) electrons. The molecule has 0 aliphatic carbocycles. The van der Waals surface area contributed by atoms with Crippen molar-refractivity contribution in [3.05, 3.63) is 41.9 Å². The molecule has 0 aliphatic rings. The number of hydrogen-bond donors (Lipinski definition) is 2. The molecular weight excluding hydrogens is 248 g/mol. The van der Waals surface area contributed by atoms with Crippen molar-refractivity contribution in [2.24, 2.45) is 0 Å². The second-order valence-electron chi connectivity index (χ2n) is 3.77. The Hall–Kier alpha value is -1.88. The first-order valence-electron chi connectivity index (χ1n) is 5.45. The van der Waals surface area contributed by atoms with E-state index in [4.69, 9.17) is 10.2 Å². The Bertz CT molecular complexity index is 578. The van der Waals surface area contributed by atoms with Gasteiger partial charge in [0.15, 0.2) is 0 Å². The minimum Gasteiger partial charge on any atom is -0.468 e. The summed E-state index contributed by atoms with van der Waals surface area (Å²) >= 11 is 1.53. The lowest BCUT2D eigenvalue weighted by Crippen LogP contribution is -2.17. The van der Waals surface area contributed by atoms with Gasteiger partial charge in [0.25, 0.3) is 5.91 Å². The lowest BCUT2D eigenvalue weighted by molar-refractivity contribution is 0.0963. The SMILES string of the molecule is CNC(=O)c1ccc(Sc2ccoc2C)c(N)c1. The largest absolute Gasteiger partial charge is 0.468 e. The van der Waals surface area contributed by atoms with Gasteiger partial charge >= 0.3 is 0 Å². The van der Waals surface area contributed by atoms with Crippen LogP contribution in [0.4, 0.5) is 5.69 Å². The van der Waals surface area contributed by atoms with Crippen LogP contribution in [0.15, 0.2) is 44.7 Å². The molecule has 0 unspecified atom stereocenters. The summed E-state index contributed by atoms with van der Waals surface area (Å²) in [4.78, 5) is 13.4. The van der Waals surface area contributed by atoms with E-state index in [9.17, 15) is 4.79 Å². The predicted molar refractivity (Wildman–Crippen MR) is 71.8 cm³/mol. The average molecular weight is 262 g/mol. The van der Waals surface area contributed by atoms with Gasteiger partial charge < -0.3 is 15.5 Å². The maximum Gasteiger partial charge on any atom is 0.251 e. The fourth-order valence-electron chi connectivity index (χ4n) is 1.52. The van der Waals surface area contributed by atoms with Gasteiger partial charge in [-0.3, -0.25) is 4.79 Å². The number of carbonyl (C=O) groups is 1. The summed E-state index contributed by atoms with van der Waals surface area (Å²) in [6, 6.07) is 7.17. The third-order valence-corrected chi connectivity index (χ3v) is 3.77. The average Bonchev–Trinajstić information content (AvgIpc) is 2.76. The molecule has 1 amide bonds. The smallest absolute Gasteiger partial charge is 0.251 e. The van der Waals surface area contributed by atoms with E-state index in [-0.39, 0.29) is 5.91 Å². The zero-order valence-electron chi connectivity index (χ0n) is 10.2. The highest BCUT2D eigenvalue weighted by Gasteiger charge is 2.09. The molecule has 1 aromatic carbocycles. The van der Waals surface area contributed by atoms with Gasteiger partial charge in [-0.1, -0.05) is 11.8 Å². The summed E-state index contributed by atoms with van der Waals surface area (Å²) in [5.41, 5.74) is 7.09. The monoisotopic (exact) mass is 262 g/mol. The molecule has 0 saturated carbocycles. The summed E-state index contributed by atoms with van der Waals surface area (Å²) in [6.45, 7) is 1.90. The first-order chi connectivity index (χ1) is 8.61. The van der Waals surface area contributed by atoms with Crippen LogP contribution in [-0.4, -0.2) is 13.0 Å².